The molecule has 0 spiro atoms. The highest BCUT2D eigenvalue weighted by atomic mass is 16.5. The summed E-state index contributed by atoms with van der Waals surface area (Å²) in [5.41, 5.74) is 1.87. The largest absolute Gasteiger partial charge is 0.379 e. The number of pyridine rings is 1. The molecular weight excluding hydrogens is 438 g/mol. The van der Waals surface area contributed by atoms with Crippen LogP contribution in [-0.4, -0.2) is 91.2 Å². The van der Waals surface area contributed by atoms with E-state index in [0.29, 0.717) is 76.6 Å². The maximum atomic E-state index is 12.5. The van der Waals surface area contributed by atoms with Gasteiger partial charge in [0.05, 0.1) is 49.8 Å². The number of ether oxygens (including phenoxy) is 2. The van der Waals surface area contributed by atoms with E-state index in [-0.39, 0.29) is 17.6 Å². The lowest BCUT2D eigenvalue weighted by molar-refractivity contribution is -0.132. The normalized spacial score (nSPS) is 16.3. The van der Waals surface area contributed by atoms with Gasteiger partial charge >= 0.3 is 0 Å². The van der Waals surface area contributed by atoms with Crippen molar-refractivity contribution in [2.75, 3.05) is 68.9 Å². The number of rotatable bonds is 9. The zero-order valence-electron chi connectivity index (χ0n) is 19.3. The summed E-state index contributed by atoms with van der Waals surface area (Å²) in [4.78, 5) is 34.5. The third-order valence-corrected chi connectivity index (χ3v) is 6.14. The number of nitrogens with one attached hydrogen (secondary N) is 1. The van der Waals surface area contributed by atoms with Crippen molar-refractivity contribution in [1.29, 1.82) is 5.26 Å². The first-order valence-corrected chi connectivity index (χ1v) is 11.4. The fourth-order valence-electron chi connectivity index (χ4n) is 4.03. The average molecular weight is 468 g/mol. The smallest absolute Gasteiger partial charge is 0.269 e. The molecule has 0 bridgehead atoms. The molecule has 180 valence electrons. The lowest BCUT2D eigenvalue weighted by Gasteiger charge is -2.40. The third kappa shape index (κ3) is 5.70. The Bertz CT molecular complexity index is 1070. The van der Waals surface area contributed by atoms with Gasteiger partial charge in [-0.15, -0.1) is 0 Å². The number of hydrogen-bond acceptors (Lipinski definition) is 9. The maximum absolute atomic E-state index is 12.5. The van der Waals surface area contributed by atoms with Crippen LogP contribution in [0, 0.1) is 18.3 Å². The second-order valence-corrected chi connectivity index (χ2v) is 8.35. The molecule has 2 saturated heterocycles. The summed E-state index contributed by atoms with van der Waals surface area (Å²) in [6, 6.07) is 5.66. The van der Waals surface area contributed by atoms with Crippen LogP contribution in [0.4, 0.5) is 11.5 Å². The van der Waals surface area contributed by atoms with Crippen molar-refractivity contribution in [3.63, 3.8) is 0 Å². The number of carbonyl (C=O) groups excluding carboxylic acids is 1. The van der Waals surface area contributed by atoms with E-state index in [9.17, 15) is 9.59 Å². The van der Waals surface area contributed by atoms with Crippen LogP contribution in [0.5, 0.6) is 0 Å². The maximum Gasteiger partial charge on any atom is 0.269 e. The molecule has 2 aliphatic rings. The van der Waals surface area contributed by atoms with E-state index in [1.807, 2.05) is 11.0 Å². The van der Waals surface area contributed by atoms with Gasteiger partial charge in [-0.25, -0.2) is 10.1 Å². The molecule has 2 aliphatic heterocycles. The fourth-order valence-corrected chi connectivity index (χ4v) is 4.03. The quantitative estimate of drug-likeness (QED) is 0.518. The van der Waals surface area contributed by atoms with E-state index in [0.717, 1.165) is 11.5 Å². The molecule has 1 N–H and O–H groups in total. The summed E-state index contributed by atoms with van der Waals surface area (Å²) in [7, 11) is 0. The number of amides is 1. The minimum absolute atomic E-state index is 0.0878. The van der Waals surface area contributed by atoms with Gasteiger partial charge in [-0.2, -0.15) is 10.4 Å². The highest BCUT2D eigenvalue weighted by Gasteiger charge is 2.29. The number of piperazine rings is 1. The molecule has 2 aromatic heterocycles. The van der Waals surface area contributed by atoms with E-state index in [1.165, 1.54) is 0 Å². The topological polar surface area (TPSA) is 128 Å². The van der Waals surface area contributed by atoms with Crippen LogP contribution in [0.3, 0.4) is 0 Å². The third-order valence-electron chi connectivity index (χ3n) is 6.14. The van der Waals surface area contributed by atoms with Crippen molar-refractivity contribution in [3.8, 4) is 6.07 Å². The molecule has 11 nitrogen and oxygen atoms in total. The number of H-pyrrole nitrogens is 1. The molecule has 2 aromatic rings. The Morgan fingerprint density at radius 1 is 1.15 bits per heavy atom. The molecule has 34 heavy (non-hydrogen) atoms. The highest BCUT2D eigenvalue weighted by molar-refractivity contribution is 5.76. The first-order valence-electron chi connectivity index (χ1n) is 11.4. The zero-order chi connectivity index (χ0) is 23.9. The van der Waals surface area contributed by atoms with Gasteiger partial charge in [0.25, 0.3) is 5.56 Å². The molecule has 0 aliphatic carbocycles. The fraction of sp³-hybridized carbons (Fsp3) is 0.522. The van der Waals surface area contributed by atoms with Gasteiger partial charge in [-0.3, -0.25) is 9.59 Å². The van der Waals surface area contributed by atoms with Crippen molar-refractivity contribution in [3.05, 3.63) is 46.0 Å². The number of hydrogen-bond donors (Lipinski definition) is 1. The monoisotopic (exact) mass is 467 g/mol. The second kappa shape index (κ2) is 11.1. The van der Waals surface area contributed by atoms with Gasteiger partial charge in [-0.05, 0) is 19.1 Å². The molecule has 0 aromatic carbocycles. The molecule has 11 heteroatoms. The van der Waals surface area contributed by atoms with Crippen molar-refractivity contribution >= 4 is 17.4 Å². The minimum atomic E-state index is -0.171. The Balaban J connectivity index is 1.05. The summed E-state index contributed by atoms with van der Waals surface area (Å²) in [6.45, 7) is 7.20. The van der Waals surface area contributed by atoms with E-state index < -0.39 is 0 Å². The molecule has 0 atom stereocenters. The van der Waals surface area contributed by atoms with Crippen LogP contribution in [0.15, 0.2) is 29.3 Å². The number of nitriles is 1. The van der Waals surface area contributed by atoms with Gasteiger partial charge in [0.15, 0.2) is 0 Å². The van der Waals surface area contributed by atoms with Crippen LogP contribution in [0.1, 0.15) is 17.5 Å². The van der Waals surface area contributed by atoms with Crippen LogP contribution >= 0.6 is 0 Å². The molecule has 1 amide bonds. The first kappa shape index (κ1) is 23.7. The number of anilines is 2. The van der Waals surface area contributed by atoms with Crippen LogP contribution in [-0.2, 0) is 14.3 Å². The molecule has 0 unspecified atom stereocenters. The van der Waals surface area contributed by atoms with Crippen LogP contribution < -0.4 is 15.4 Å². The van der Waals surface area contributed by atoms with Crippen LogP contribution in [0.25, 0.3) is 0 Å². The highest BCUT2D eigenvalue weighted by Crippen LogP contribution is 2.22. The van der Waals surface area contributed by atoms with Crippen molar-refractivity contribution < 1.29 is 14.3 Å². The molecular formula is C23H29N7O4. The molecule has 4 heterocycles. The Labute approximate surface area is 197 Å². The van der Waals surface area contributed by atoms with Crippen molar-refractivity contribution in [1.82, 2.24) is 20.1 Å². The molecule has 4 rings (SSSR count). The van der Waals surface area contributed by atoms with Crippen molar-refractivity contribution in [2.45, 2.75) is 19.4 Å². The van der Waals surface area contributed by atoms with Gasteiger partial charge in [0, 0.05) is 51.0 Å². The van der Waals surface area contributed by atoms with E-state index >= 15 is 0 Å². The average Bonchev–Trinajstić information content (AvgIpc) is 2.84. The predicted molar refractivity (Wildman–Crippen MR) is 125 cm³/mol. The summed E-state index contributed by atoms with van der Waals surface area (Å²) in [6.07, 6.45) is 3.68. The van der Waals surface area contributed by atoms with Gasteiger partial charge < -0.3 is 24.2 Å². The Hall–Kier alpha value is -3.49. The number of aromatic amines is 1. The van der Waals surface area contributed by atoms with Crippen molar-refractivity contribution in [2.24, 2.45) is 0 Å². The predicted octanol–water partition coefficient (Wildman–Crippen LogP) is 0.306. The van der Waals surface area contributed by atoms with E-state index in [4.69, 9.17) is 14.7 Å². The lowest BCUT2D eigenvalue weighted by atomic mass is 10.1. The molecule has 0 radical (unpaired) electrons. The Kier molecular flexibility index (Phi) is 7.72. The SMILES string of the molecule is Cc1c(N2CC(OCCOCCC(=O)N3CCN(c4ccc(C#N)cn4)CC3)C2)cn[nH]c1=O. The summed E-state index contributed by atoms with van der Waals surface area (Å²) < 4.78 is 11.4. The van der Waals surface area contributed by atoms with Crippen LogP contribution in [0.2, 0.25) is 0 Å². The number of carbonyl (C=O) groups is 1. The first-order chi connectivity index (χ1) is 16.5. The lowest BCUT2D eigenvalue weighted by Crippen LogP contribution is -2.53. The Morgan fingerprint density at radius 2 is 1.94 bits per heavy atom. The molecule has 2 fully saturated rings. The summed E-state index contributed by atoms with van der Waals surface area (Å²) >= 11 is 0. The molecule has 0 saturated carbocycles. The van der Waals surface area contributed by atoms with E-state index in [1.54, 1.807) is 25.4 Å². The van der Waals surface area contributed by atoms with Gasteiger partial charge in [-0.1, -0.05) is 0 Å². The number of nitrogens with zero attached hydrogens (tertiary/aromatic N) is 6. The Morgan fingerprint density at radius 3 is 2.65 bits per heavy atom. The van der Waals surface area contributed by atoms with Gasteiger partial charge in [0.1, 0.15) is 11.9 Å². The summed E-state index contributed by atoms with van der Waals surface area (Å²) in [5.74, 6) is 0.915. The van der Waals surface area contributed by atoms with E-state index in [2.05, 4.69) is 31.1 Å². The standard InChI is InChI=1S/C23H29N7O4/c1-17-20(14-26-27-23(17)32)30-15-19(16-30)34-11-10-33-9-4-22(31)29-7-5-28(6-8-29)21-3-2-18(12-24)13-25-21/h2-3,13-14,19H,4-11,15-16H2,1H3,(H,27,32). The van der Waals surface area contributed by atoms with Gasteiger partial charge in [0.2, 0.25) is 5.91 Å². The second-order valence-electron chi connectivity index (χ2n) is 8.35. The number of aromatic nitrogens is 3. The summed E-state index contributed by atoms with van der Waals surface area (Å²) in [5, 5.41) is 15.2. The zero-order valence-corrected chi connectivity index (χ0v) is 19.3. The minimum Gasteiger partial charge on any atom is -0.379 e.